The van der Waals surface area contributed by atoms with E-state index < -0.39 is 0 Å². The van der Waals surface area contributed by atoms with Gasteiger partial charge in [-0.05, 0) is 20.8 Å². The van der Waals surface area contributed by atoms with E-state index in [4.69, 9.17) is 11.7 Å². The molecule has 0 aliphatic heterocycles. The molecule has 0 aromatic heterocycles. The van der Waals surface area contributed by atoms with Crippen LogP contribution in [0.4, 0.5) is 0 Å². The summed E-state index contributed by atoms with van der Waals surface area (Å²) < 4.78 is 0. The highest BCUT2D eigenvalue weighted by molar-refractivity contribution is 5.83. The van der Waals surface area contributed by atoms with Crippen molar-refractivity contribution in [1.82, 2.24) is 10.9 Å². The fourth-order valence-electron chi connectivity index (χ4n) is 1.14. The number of hydrazine groups is 1. The number of nitrogens with one attached hydrogen (secondary N) is 2. The topological polar surface area (TPSA) is 126 Å². The van der Waals surface area contributed by atoms with Crippen molar-refractivity contribution in [2.24, 2.45) is 32.1 Å². The number of hydrogen-bond donors (Lipinski definition) is 4. The van der Waals surface area contributed by atoms with Gasteiger partial charge in [-0.2, -0.15) is 20.4 Å². The quantitative estimate of drug-likeness (QED) is 0.159. The summed E-state index contributed by atoms with van der Waals surface area (Å²) in [6, 6.07) is 0. The van der Waals surface area contributed by atoms with Crippen LogP contribution in [-0.4, -0.2) is 24.3 Å². The van der Waals surface area contributed by atoms with Gasteiger partial charge in [-0.1, -0.05) is 0 Å². The monoisotopic (exact) mass is 228 g/mol. The van der Waals surface area contributed by atoms with E-state index in [2.05, 4.69) is 31.3 Å². The van der Waals surface area contributed by atoms with Crippen LogP contribution in [0.2, 0.25) is 0 Å². The standard InChI is InChI=1S/C8H20N8/c1-7(15-13-5-11-9)4-8(2,3)16-14-6-12-10/h5,12H,4,6,9-10H2,1-3H3,(H,11,13). The third-order valence-corrected chi connectivity index (χ3v) is 1.58. The molecule has 0 spiro atoms. The Morgan fingerprint density at radius 1 is 1.44 bits per heavy atom. The molecule has 0 aliphatic carbocycles. The van der Waals surface area contributed by atoms with Crippen LogP contribution in [0.5, 0.6) is 0 Å². The molecule has 92 valence electrons. The molecule has 16 heavy (non-hydrogen) atoms. The van der Waals surface area contributed by atoms with Gasteiger partial charge in [0.1, 0.15) is 13.0 Å². The Labute approximate surface area is 95.2 Å². The zero-order chi connectivity index (χ0) is 12.4. The smallest absolute Gasteiger partial charge is 0.128 e. The SMILES string of the molecule is CC(CC(C)(C)N=NCNN)=NN/C=N/N. The van der Waals surface area contributed by atoms with Crippen molar-refractivity contribution >= 4 is 12.1 Å². The average Bonchev–Trinajstić information content (AvgIpc) is 2.17. The summed E-state index contributed by atoms with van der Waals surface area (Å²) in [7, 11) is 0. The summed E-state index contributed by atoms with van der Waals surface area (Å²) in [6.07, 6.45) is 1.98. The first-order chi connectivity index (χ1) is 7.52. The minimum absolute atomic E-state index is 0.303. The lowest BCUT2D eigenvalue weighted by Gasteiger charge is -2.17. The Morgan fingerprint density at radius 3 is 2.69 bits per heavy atom. The number of nitrogens with zero attached hydrogens (tertiary/aromatic N) is 4. The van der Waals surface area contributed by atoms with Gasteiger partial charge in [0.05, 0.1) is 5.54 Å². The van der Waals surface area contributed by atoms with Gasteiger partial charge in [-0.3, -0.25) is 11.3 Å². The molecule has 0 rings (SSSR count). The molecule has 0 radical (unpaired) electrons. The zero-order valence-corrected chi connectivity index (χ0v) is 9.94. The van der Waals surface area contributed by atoms with E-state index in [0.29, 0.717) is 13.1 Å². The first-order valence-corrected chi connectivity index (χ1v) is 4.84. The maximum absolute atomic E-state index is 5.08. The third kappa shape index (κ3) is 7.83. The molecule has 0 unspecified atom stereocenters. The third-order valence-electron chi connectivity index (χ3n) is 1.58. The van der Waals surface area contributed by atoms with Crippen LogP contribution >= 0.6 is 0 Å². The normalized spacial score (nSPS) is 13.9. The lowest BCUT2D eigenvalue weighted by Crippen LogP contribution is -2.24. The van der Waals surface area contributed by atoms with Crippen molar-refractivity contribution in [2.45, 2.75) is 32.7 Å². The number of hydrogen-bond acceptors (Lipinski definition) is 7. The summed E-state index contributed by atoms with van der Waals surface area (Å²) in [5, 5.41) is 15.3. The largest absolute Gasteiger partial charge is 0.322 e. The van der Waals surface area contributed by atoms with Crippen molar-refractivity contribution in [3.05, 3.63) is 0 Å². The molecule has 0 saturated heterocycles. The molecule has 6 N–H and O–H groups in total. The molecule has 0 saturated carbocycles. The van der Waals surface area contributed by atoms with Crippen molar-refractivity contribution in [3.8, 4) is 0 Å². The number of rotatable bonds is 7. The Morgan fingerprint density at radius 2 is 2.12 bits per heavy atom. The van der Waals surface area contributed by atoms with Crippen molar-refractivity contribution in [1.29, 1.82) is 0 Å². The first kappa shape index (κ1) is 14.5. The van der Waals surface area contributed by atoms with Gasteiger partial charge in [0.15, 0.2) is 0 Å². The van der Waals surface area contributed by atoms with E-state index in [1.165, 1.54) is 6.34 Å². The summed E-state index contributed by atoms with van der Waals surface area (Å²) in [6.45, 7) is 6.11. The Bertz CT molecular complexity index is 267. The highest BCUT2D eigenvalue weighted by Crippen LogP contribution is 2.15. The van der Waals surface area contributed by atoms with E-state index in [1.54, 1.807) is 0 Å². The summed E-state index contributed by atoms with van der Waals surface area (Å²) in [4.78, 5) is 0. The molecule has 0 heterocycles. The fourth-order valence-corrected chi connectivity index (χ4v) is 1.14. The predicted molar refractivity (Wildman–Crippen MR) is 64.7 cm³/mol. The molecular weight excluding hydrogens is 208 g/mol. The molecule has 0 bridgehead atoms. The van der Waals surface area contributed by atoms with Gasteiger partial charge in [0.2, 0.25) is 0 Å². The molecule has 0 atom stereocenters. The second-order valence-electron chi connectivity index (χ2n) is 3.85. The van der Waals surface area contributed by atoms with Gasteiger partial charge in [0, 0.05) is 12.1 Å². The van der Waals surface area contributed by atoms with Gasteiger partial charge in [0.25, 0.3) is 0 Å². The fraction of sp³-hybridized carbons (Fsp3) is 0.750. The summed E-state index contributed by atoms with van der Waals surface area (Å²) in [5.74, 6) is 9.98. The number of hydrazone groups is 2. The van der Waals surface area contributed by atoms with Crippen LogP contribution in [-0.2, 0) is 0 Å². The van der Waals surface area contributed by atoms with E-state index in [1.807, 2.05) is 20.8 Å². The van der Waals surface area contributed by atoms with Gasteiger partial charge >= 0.3 is 0 Å². The van der Waals surface area contributed by atoms with Crippen LogP contribution in [0.3, 0.4) is 0 Å². The second kappa shape index (κ2) is 7.71. The Balaban J connectivity index is 4.18. The molecule has 0 aromatic carbocycles. The predicted octanol–water partition coefficient (Wildman–Crippen LogP) is -0.104. The van der Waals surface area contributed by atoms with Crippen LogP contribution in [0.15, 0.2) is 20.4 Å². The molecule has 8 heteroatoms. The van der Waals surface area contributed by atoms with Gasteiger partial charge in [-0.25, -0.2) is 5.43 Å². The number of nitrogens with two attached hydrogens (primary N) is 2. The Hall–Kier alpha value is -1.54. The molecular formula is C8H20N8. The van der Waals surface area contributed by atoms with E-state index in [0.717, 1.165) is 5.71 Å². The summed E-state index contributed by atoms with van der Waals surface area (Å²) in [5.41, 5.74) is 5.56. The lowest BCUT2D eigenvalue weighted by molar-refractivity contribution is 0.497. The minimum Gasteiger partial charge on any atom is -0.322 e. The molecule has 0 aliphatic rings. The van der Waals surface area contributed by atoms with E-state index >= 15 is 0 Å². The van der Waals surface area contributed by atoms with E-state index in [9.17, 15) is 0 Å². The van der Waals surface area contributed by atoms with E-state index in [-0.39, 0.29) is 5.54 Å². The Kier molecular flexibility index (Phi) is 6.97. The second-order valence-corrected chi connectivity index (χ2v) is 3.85. The lowest BCUT2D eigenvalue weighted by atomic mass is 9.99. The van der Waals surface area contributed by atoms with Gasteiger partial charge in [-0.15, -0.1) is 0 Å². The maximum atomic E-state index is 5.08. The highest BCUT2D eigenvalue weighted by atomic mass is 15.3. The summed E-state index contributed by atoms with van der Waals surface area (Å²) >= 11 is 0. The number of azo groups is 1. The molecule has 0 amide bonds. The van der Waals surface area contributed by atoms with Crippen molar-refractivity contribution < 1.29 is 0 Å². The average molecular weight is 228 g/mol. The van der Waals surface area contributed by atoms with Crippen LogP contribution in [0, 0.1) is 0 Å². The van der Waals surface area contributed by atoms with Crippen molar-refractivity contribution in [2.75, 3.05) is 6.67 Å². The molecule has 8 nitrogen and oxygen atoms in total. The highest BCUT2D eigenvalue weighted by Gasteiger charge is 2.17. The molecule has 0 aromatic rings. The maximum Gasteiger partial charge on any atom is 0.128 e. The van der Waals surface area contributed by atoms with Crippen LogP contribution in [0.25, 0.3) is 0 Å². The zero-order valence-electron chi connectivity index (χ0n) is 9.94. The first-order valence-electron chi connectivity index (χ1n) is 4.84. The minimum atomic E-state index is -0.314. The van der Waals surface area contributed by atoms with Crippen LogP contribution in [0.1, 0.15) is 27.2 Å². The van der Waals surface area contributed by atoms with Crippen molar-refractivity contribution in [3.63, 3.8) is 0 Å². The van der Waals surface area contributed by atoms with Gasteiger partial charge < -0.3 is 5.84 Å². The van der Waals surface area contributed by atoms with Crippen LogP contribution < -0.4 is 22.5 Å². The molecule has 0 fully saturated rings.